The number of esters is 1. The highest BCUT2D eigenvalue weighted by Crippen LogP contribution is 2.35. The average Bonchev–Trinajstić information content (AvgIpc) is 2.11. The second-order valence-electron chi connectivity index (χ2n) is 3.12. The van der Waals surface area contributed by atoms with Gasteiger partial charge in [0.1, 0.15) is 5.75 Å². The van der Waals surface area contributed by atoms with Gasteiger partial charge in [0.05, 0.1) is 6.61 Å². The maximum Gasteiger partial charge on any atom is 0.308 e. The van der Waals surface area contributed by atoms with Gasteiger partial charge in [-0.15, -0.1) is 0 Å². The molecule has 4 nitrogen and oxygen atoms in total. The molecule has 1 rings (SSSR count). The van der Waals surface area contributed by atoms with Crippen LogP contribution in [-0.4, -0.2) is 17.7 Å². The number of benzene rings is 1. The summed E-state index contributed by atoms with van der Waals surface area (Å²) in [6.45, 7) is 5.32. The number of rotatable bonds is 3. The minimum absolute atomic E-state index is 0.0897. The lowest BCUT2D eigenvalue weighted by atomic mass is 10.2. The van der Waals surface area contributed by atoms with E-state index >= 15 is 0 Å². The third kappa shape index (κ3) is 2.87. The molecule has 0 aliphatic carbocycles. The van der Waals surface area contributed by atoms with Crippen molar-refractivity contribution in [2.24, 2.45) is 0 Å². The zero-order valence-corrected chi connectivity index (χ0v) is 9.03. The van der Waals surface area contributed by atoms with E-state index in [0.29, 0.717) is 23.7 Å². The Labute approximate surface area is 88.4 Å². The Bertz CT molecular complexity index is 371. The third-order valence-electron chi connectivity index (χ3n) is 1.77. The summed E-state index contributed by atoms with van der Waals surface area (Å²) in [4.78, 5) is 10.9. The molecule has 0 aliphatic heterocycles. The van der Waals surface area contributed by atoms with E-state index in [4.69, 9.17) is 9.47 Å². The molecular weight excluding hydrogens is 196 g/mol. The molecule has 0 aromatic heterocycles. The van der Waals surface area contributed by atoms with Crippen LogP contribution >= 0.6 is 0 Å². The molecule has 0 amide bonds. The third-order valence-corrected chi connectivity index (χ3v) is 1.77. The number of ether oxygens (including phenoxy) is 2. The van der Waals surface area contributed by atoms with E-state index in [0.717, 1.165) is 0 Å². The van der Waals surface area contributed by atoms with Crippen molar-refractivity contribution in [1.29, 1.82) is 0 Å². The number of carbonyl (C=O) groups excluding carboxylic acids is 1. The van der Waals surface area contributed by atoms with Crippen LogP contribution in [0.25, 0.3) is 0 Å². The predicted molar refractivity (Wildman–Crippen MR) is 55.3 cm³/mol. The van der Waals surface area contributed by atoms with E-state index in [-0.39, 0.29) is 5.75 Å². The summed E-state index contributed by atoms with van der Waals surface area (Å²) < 4.78 is 10.3. The summed E-state index contributed by atoms with van der Waals surface area (Å²) in [7, 11) is 0. The number of aromatic hydroxyl groups is 1. The Kier molecular flexibility index (Phi) is 3.55. The summed E-state index contributed by atoms with van der Waals surface area (Å²) in [6, 6.07) is 2.94. The normalized spacial score (nSPS) is 9.80. The van der Waals surface area contributed by atoms with Gasteiger partial charge in [-0.05, 0) is 25.5 Å². The van der Waals surface area contributed by atoms with Crippen LogP contribution in [0.5, 0.6) is 17.2 Å². The van der Waals surface area contributed by atoms with Gasteiger partial charge in [0.15, 0.2) is 11.5 Å². The first-order valence-corrected chi connectivity index (χ1v) is 4.69. The van der Waals surface area contributed by atoms with Crippen LogP contribution in [0.3, 0.4) is 0 Å². The number of phenolic OH excluding ortho intramolecular Hbond substituents is 1. The molecule has 0 atom stereocenters. The predicted octanol–water partition coefficient (Wildman–Crippen LogP) is 2.02. The quantitative estimate of drug-likeness (QED) is 0.612. The fraction of sp³-hybridized carbons (Fsp3) is 0.364. The van der Waals surface area contributed by atoms with Gasteiger partial charge in [-0.2, -0.15) is 0 Å². The molecule has 4 heteroatoms. The fourth-order valence-corrected chi connectivity index (χ4v) is 1.26. The van der Waals surface area contributed by atoms with Crippen LogP contribution in [0.2, 0.25) is 0 Å². The molecule has 0 saturated carbocycles. The van der Waals surface area contributed by atoms with Gasteiger partial charge in [0, 0.05) is 13.0 Å². The highest BCUT2D eigenvalue weighted by atomic mass is 16.6. The van der Waals surface area contributed by atoms with Crippen molar-refractivity contribution in [3.63, 3.8) is 0 Å². The Balaban J connectivity index is 3.14. The monoisotopic (exact) mass is 210 g/mol. The number of hydrogen-bond donors (Lipinski definition) is 1. The SMILES string of the molecule is CCOc1cc(O)cc(C)c1OC(C)=O. The topological polar surface area (TPSA) is 55.8 Å². The number of aryl methyl sites for hydroxylation is 1. The van der Waals surface area contributed by atoms with E-state index < -0.39 is 5.97 Å². The maximum absolute atomic E-state index is 10.9. The van der Waals surface area contributed by atoms with Gasteiger partial charge in [0.2, 0.25) is 0 Å². The van der Waals surface area contributed by atoms with Gasteiger partial charge in [-0.25, -0.2) is 0 Å². The van der Waals surface area contributed by atoms with Gasteiger partial charge >= 0.3 is 5.97 Å². The number of hydrogen-bond acceptors (Lipinski definition) is 4. The van der Waals surface area contributed by atoms with Crippen molar-refractivity contribution in [2.45, 2.75) is 20.8 Å². The Morgan fingerprint density at radius 1 is 1.47 bits per heavy atom. The van der Waals surface area contributed by atoms with E-state index in [1.54, 1.807) is 6.92 Å². The standard InChI is InChI=1S/C11H14O4/c1-4-14-10-6-9(13)5-7(2)11(10)15-8(3)12/h5-6,13H,4H2,1-3H3. The summed E-state index contributed by atoms with van der Waals surface area (Å²) in [5.74, 6) is 0.420. The molecular formula is C11H14O4. The van der Waals surface area contributed by atoms with Crippen LogP contribution in [0.1, 0.15) is 19.4 Å². The lowest BCUT2D eigenvalue weighted by molar-refractivity contribution is -0.132. The molecule has 0 heterocycles. The van der Waals surface area contributed by atoms with E-state index in [2.05, 4.69) is 0 Å². The van der Waals surface area contributed by atoms with Crippen LogP contribution < -0.4 is 9.47 Å². The van der Waals surface area contributed by atoms with Gasteiger partial charge in [-0.1, -0.05) is 0 Å². The Hall–Kier alpha value is -1.71. The van der Waals surface area contributed by atoms with Gasteiger partial charge in [-0.3, -0.25) is 4.79 Å². The summed E-state index contributed by atoms with van der Waals surface area (Å²) in [5, 5.41) is 9.36. The minimum atomic E-state index is -0.412. The van der Waals surface area contributed by atoms with E-state index in [9.17, 15) is 9.90 Å². The van der Waals surface area contributed by atoms with Crippen LogP contribution in [-0.2, 0) is 4.79 Å². The highest BCUT2D eigenvalue weighted by molar-refractivity contribution is 5.71. The van der Waals surface area contributed by atoms with Crippen molar-refractivity contribution >= 4 is 5.97 Å². The lowest BCUT2D eigenvalue weighted by Gasteiger charge is -2.12. The van der Waals surface area contributed by atoms with Crippen LogP contribution in [0.4, 0.5) is 0 Å². The van der Waals surface area contributed by atoms with E-state index in [1.807, 2.05) is 6.92 Å². The van der Waals surface area contributed by atoms with Crippen molar-refractivity contribution in [1.82, 2.24) is 0 Å². The molecule has 0 aliphatic rings. The first-order chi connectivity index (χ1) is 7.04. The molecule has 0 bridgehead atoms. The summed E-state index contributed by atoms with van der Waals surface area (Å²) in [5.41, 5.74) is 0.661. The number of carbonyl (C=O) groups is 1. The largest absolute Gasteiger partial charge is 0.508 e. The minimum Gasteiger partial charge on any atom is -0.508 e. The van der Waals surface area contributed by atoms with Gasteiger partial charge < -0.3 is 14.6 Å². The van der Waals surface area contributed by atoms with Crippen molar-refractivity contribution in [3.8, 4) is 17.2 Å². The second kappa shape index (κ2) is 4.68. The van der Waals surface area contributed by atoms with Gasteiger partial charge in [0.25, 0.3) is 0 Å². The molecule has 0 saturated heterocycles. The molecule has 1 N–H and O–H groups in total. The Morgan fingerprint density at radius 2 is 2.13 bits per heavy atom. The maximum atomic E-state index is 10.9. The van der Waals surface area contributed by atoms with Crippen LogP contribution in [0, 0.1) is 6.92 Å². The summed E-state index contributed by atoms with van der Waals surface area (Å²) >= 11 is 0. The molecule has 1 aromatic rings. The second-order valence-corrected chi connectivity index (χ2v) is 3.12. The molecule has 0 fully saturated rings. The van der Waals surface area contributed by atoms with Crippen LogP contribution in [0.15, 0.2) is 12.1 Å². The molecule has 0 unspecified atom stereocenters. The number of phenols is 1. The summed E-state index contributed by atoms with van der Waals surface area (Å²) in [6.07, 6.45) is 0. The first kappa shape index (κ1) is 11.4. The lowest BCUT2D eigenvalue weighted by Crippen LogP contribution is -2.05. The molecule has 15 heavy (non-hydrogen) atoms. The average molecular weight is 210 g/mol. The van der Waals surface area contributed by atoms with Crippen molar-refractivity contribution in [3.05, 3.63) is 17.7 Å². The zero-order valence-electron chi connectivity index (χ0n) is 9.03. The smallest absolute Gasteiger partial charge is 0.308 e. The molecule has 1 aromatic carbocycles. The zero-order chi connectivity index (χ0) is 11.4. The Morgan fingerprint density at radius 3 is 2.67 bits per heavy atom. The molecule has 0 spiro atoms. The fourth-order valence-electron chi connectivity index (χ4n) is 1.26. The molecule has 82 valence electrons. The highest BCUT2D eigenvalue weighted by Gasteiger charge is 2.12. The van der Waals surface area contributed by atoms with E-state index in [1.165, 1.54) is 19.1 Å². The molecule has 0 radical (unpaired) electrons. The van der Waals surface area contributed by atoms with Crippen molar-refractivity contribution < 1.29 is 19.4 Å². The first-order valence-electron chi connectivity index (χ1n) is 4.69. The van der Waals surface area contributed by atoms with Crippen molar-refractivity contribution in [2.75, 3.05) is 6.61 Å².